The van der Waals surface area contributed by atoms with E-state index in [1.54, 1.807) is 4.90 Å². The van der Waals surface area contributed by atoms with Crippen molar-refractivity contribution >= 4 is 22.7 Å². The summed E-state index contributed by atoms with van der Waals surface area (Å²) < 4.78 is 2.10. The molecule has 5 nitrogen and oxygen atoms in total. The minimum absolute atomic E-state index is 0.0853. The van der Waals surface area contributed by atoms with Crippen LogP contribution in [0.4, 0.5) is 0 Å². The summed E-state index contributed by atoms with van der Waals surface area (Å²) in [5.74, 6) is -0.189. The molecule has 1 aromatic heterocycles. The summed E-state index contributed by atoms with van der Waals surface area (Å²) in [5, 5.41) is 3.68. The maximum absolute atomic E-state index is 13.0. The minimum atomic E-state index is -0.104. The van der Waals surface area contributed by atoms with E-state index in [9.17, 15) is 9.59 Å². The van der Waals surface area contributed by atoms with Crippen LogP contribution in [0.3, 0.4) is 0 Å². The van der Waals surface area contributed by atoms with E-state index in [4.69, 9.17) is 0 Å². The highest BCUT2D eigenvalue weighted by Crippen LogP contribution is 2.24. The number of piperazine rings is 1. The lowest BCUT2D eigenvalue weighted by Crippen LogP contribution is -2.49. The highest BCUT2D eigenvalue weighted by Gasteiger charge is 2.25. The quantitative estimate of drug-likeness (QED) is 0.799. The Bertz CT molecular complexity index is 931. The van der Waals surface area contributed by atoms with Gasteiger partial charge in [-0.15, -0.1) is 0 Å². The number of aromatic nitrogens is 1. The Balaban J connectivity index is 1.72. The van der Waals surface area contributed by atoms with Crippen LogP contribution in [0.25, 0.3) is 10.9 Å². The van der Waals surface area contributed by atoms with Crippen molar-refractivity contribution in [2.24, 2.45) is 0 Å². The Kier molecular flexibility index (Phi) is 3.98. The first kappa shape index (κ1) is 15.4. The molecular formula is C20H19N3O2. The number of rotatable bonds is 3. The number of hydrogen-bond donors (Lipinski definition) is 1. The van der Waals surface area contributed by atoms with Crippen molar-refractivity contribution in [1.82, 2.24) is 14.8 Å². The lowest BCUT2D eigenvalue weighted by Gasteiger charge is -2.26. The molecule has 25 heavy (non-hydrogen) atoms. The third-order valence-corrected chi connectivity index (χ3v) is 4.54. The SMILES string of the molecule is O=C1CN(C(=O)c2cn(Cc3ccccc3)c3ccccc23)CCN1. The highest BCUT2D eigenvalue weighted by atomic mass is 16.2. The van der Waals surface area contributed by atoms with E-state index in [1.807, 2.05) is 48.7 Å². The van der Waals surface area contributed by atoms with Crippen LogP contribution in [0, 0.1) is 0 Å². The first-order valence-corrected chi connectivity index (χ1v) is 8.40. The molecule has 0 saturated carbocycles. The lowest BCUT2D eigenvalue weighted by molar-refractivity contribution is -0.123. The van der Waals surface area contributed by atoms with Gasteiger partial charge in [-0.05, 0) is 11.6 Å². The number of carbonyl (C=O) groups excluding carboxylic acids is 2. The Morgan fingerprint density at radius 2 is 1.80 bits per heavy atom. The van der Waals surface area contributed by atoms with Gasteiger partial charge in [0.1, 0.15) is 0 Å². The summed E-state index contributed by atoms with van der Waals surface area (Å²) in [5.41, 5.74) is 2.86. The monoisotopic (exact) mass is 333 g/mol. The zero-order valence-corrected chi connectivity index (χ0v) is 13.8. The number of para-hydroxylation sites is 1. The van der Waals surface area contributed by atoms with Gasteiger partial charge < -0.3 is 14.8 Å². The fraction of sp³-hybridized carbons (Fsp3) is 0.200. The van der Waals surface area contributed by atoms with Crippen LogP contribution in [-0.2, 0) is 11.3 Å². The normalized spacial score (nSPS) is 14.6. The fourth-order valence-electron chi connectivity index (χ4n) is 3.31. The number of nitrogens with zero attached hydrogens (tertiary/aromatic N) is 2. The van der Waals surface area contributed by atoms with E-state index in [-0.39, 0.29) is 18.4 Å². The molecule has 126 valence electrons. The molecule has 0 atom stereocenters. The topological polar surface area (TPSA) is 54.3 Å². The molecule has 0 radical (unpaired) electrons. The zero-order valence-electron chi connectivity index (χ0n) is 13.8. The minimum Gasteiger partial charge on any atom is -0.353 e. The highest BCUT2D eigenvalue weighted by molar-refractivity contribution is 6.08. The Labute approximate surface area is 145 Å². The molecule has 4 rings (SSSR count). The van der Waals surface area contributed by atoms with Crippen LogP contribution in [0.5, 0.6) is 0 Å². The molecule has 0 spiro atoms. The van der Waals surface area contributed by atoms with Gasteiger partial charge in [-0.1, -0.05) is 48.5 Å². The first-order chi connectivity index (χ1) is 12.2. The van der Waals surface area contributed by atoms with Crippen molar-refractivity contribution < 1.29 is 9.59 Å². The Hall–Kier alpha value is -3.08. The molecule has 0 bridgehead atoms. The summed E-state index contributed by atoms with van der Waals surface area (Å²) in [6.45, 7) is 1.88. The molecule has 0 unspecified atom stereocenters. The predicted octanol–water partition coefficient (Wildman–Crippen LogP) is 2.26. The van der Waals surface area contributed by atoms with Gasteiger partial charge in [0.25, 0.3) is 5.91 Å². The standard InChI is InChI=1S/C20H19N3O2/c24-19-14-22(11-10-21-19)20(25)17-13-23(12-15-6-2-1-3-7-15)18-9-5-4-8-16(17)18/h1-9,13H,10-12,14H2,(H,21,24). The van der Waals surface area contributed by atoms with Crippen LogP contribution in [0.1, 0.15) is 15.9 Å². The van der Waals surface area contributed by atoms with Crippen LogP contribution in [0.15, 0.2) is 60.8 Å². The number of amides is 2. The molecule has 1 aliphatic rings. The van der Waals surface area contributed by atoms with Gasteiger partial charge in [-0.3, -0.25) is 9.59 Å². The average Bonchev–Trinajstić information content (AvgIpc) is 3.01. The van der Waals surface area contributed by atoms with Gasteiger partial charge in [-0.2, -0.15) is 0 Å². The van der Waals surface area contributed by atoms with E-state index in [0.29, 0.717) is 25.2 Å². The molecule has 2 aromatic carbocycles. The molecule has 2 heterocycles. The van der Waals surface area contributed by atoms with Gasteiger partial charge in [0.15, 0.2) is 0 Å². The Morgan fingerprint density at radius 3 is 2.60 bits per heavy atom. The molecule has 1 aliphatic heterocycles. The molecule has 0 aliphatic carbocycles. The number of fused-ring (bicyclic) bond motifs is 1. The van der Waals surface area contributed by atoms with Crippen LogP contribution in [0.2, 0.25) is 0 Å². The molecule has 1 saturated heterocycles. The molecule has 1 fully saturated rings. The molecule has 5 heteroatoms. The fourth-order valence-corrected chi connectivity index (χ4v) is 3.31. The first-order valence-electron chi connectivity index (χ1n) is 8.40. The summed E-state index contributed by atoms with van der Waals surface area (Å²) in [7, 11) is 0. The van der Waals surface area contributed by atoms with Crippen LogP contribution in [-0.4, -0.2) is 40.9 Å². The van der Waals surface area contributed by atoms with E-state index in [2.05, 4.69) is 22.0 Å². The van der Waals surface area contributed by atoms with Gasteiger partial charge in [0.05, 0.1) is 12.1 Å². The van der Waals surface area contributed by atoms with Gasteiger partial charge in [0.2, 0.25) is 5.91 Å². The average molecular weight is 333 g/mol. The smallest absolute Gasteiger partial charge is 0.256 e. The number of benzene rings is 2. The van der Waals surface area contributed by atoms with Crippen molar-refractivity contribution in [3.05, 3.63) is 71.9 Å². The van der Waals surface area contributed by atoms with E-state index >= 15 is 0 Å². The van der Waals surface area contributed by atoms with Crippen molar-refractivity contribution in [2.45, 2.75) is 6.54 Å². The number of nitrogens with one attached hydrogen (secondary N) is 1. The summed E-state index contributed by atoms with van der Waals surface area (Å²) in [4.78, 5) is 26.2. The van der Waals surface area contributed by atoms with E-state index in [0.717, 1.165) is 10.9 Å². The largest absolute Gasteiger partial charge is 0.353 e. The second-order valence-corrected chi connectivity index (χ2v) is 6.25. The van der Waals surface area contributed by atoms with Crippen LogP contribution < -0.4 is 5.32 Å². The van der Waals surface area contributed by atoms with Crippen molar-refractivity contribution in [2.75, 3.05) is 19.6 Å². The third kappa shape index (κ3) is 3.01. The lowest BCUT2D eigenvalue weighted by atomic mass is 10.1. The predicted molar refractivity (Wildman–Crippen MR) is 96.4 cm³/mol. The number of hydrogen-bond acceptors (Lipinski definition) is 2. The summed E-state index contributed by atoms with van der Waals surface area (Å²) >= 11 is 0. The van der Waals surface area contributed by atoms with Crippen molar-refractivity contribution in [1.29, 1.82) is 0 Å². The van der Waals surface area contributed by atoms with E-state index in [1.165, 1.54) is 5.56 Å². The van der Waals surface area contributed by atoms with Crippen molar-refractivity contribution in [3.63, 3.8) is 0 Å². The molecular weight excluding hydrogens is 314 g/mol. The second-order valence-electron chi connectivity index (χ2n) is 6.25. The van der Waals surface area contributed by atoms with E-state index < -0.39 is 0 Å². The summed E-state index contributed by atoms with van der Waals surface area (Å²) in [6, 6.07) is 18.1. The second kappa shape index (κ2) is 6.43. The number of carbonyl (C=O) groups is 2. The van der Waals surface area contributed by atoms with Gasteiger partial charge in [-0.25, -0.2) is 0 Å². The zero-order chi connectivity index (χ0) is 17.2. The van der Waals surface area contributed by atoms with Gasteiger partial charge >= 0.3 is 0 Å². The maximum atomic E-state index is 13.0. The molecule has 2 amide bonds. The molecule has 3 aromatic rings. The Morgan fingerprint density at radius 1 is 1.04 bits per heavy atom. The maximum Gasteiger partial charge on any atom is 0.256 e. The van der Waals surface area contributed by atoms with Crippen LogP contribution >= 0.6 is 0 Å². The molecule has 1 N–H and O–H groups in total. The van der Waals surface area contributed by atoms with Gasteiger partial charge in [0, 0.05) is 36.7 Å². The van der Waals surface area contributed by atoms with Crippen molar-refractivity contribution in [3.8, 4) is 0 Å². The summed E-state index contributed by atoms with van der Waals surface area (Å²) in [6.07, 6.45) is 1.91. The third-order valence-electron chi connectivity index (χ3n) is 4.54.